The maximum absolute atomic E-state index is 12.7. The van der Waals surface area contributed by atoms with Crippen LogP contribution in [0.25, 0.3) is 10.9 Å². The fourth-order valence-corrected chi connectivity index (χ4v) is 11.8. The molecule has 2 aromatic rings. The van der Waals surface area contributed by atoms with Crippen molar-refractivity contribution in [1.29, 1.82) is 0 Å². The predicted molar refractivity (Wildman–Crippen MR) is 200 cm³/mol. The average molecular weight is 689 g/mol. The zero-order chi connectivity index (χ0) is 35.6. The number of rotatable bonds is 13. The minimum atomic E-state index is -0.176. The molecule has 1 aromatic heterocycles. The van der Waals surface area contributed by atoms with Gasteiger partial charge in [-0.15, -0.1) is 0 Å². The van der Waals surface area contributed by atoms with Gasteiger partial charge in [0.1, 0.15) is 12.2 Å². The molecule has 8 heteroatoms. The molecule has 0 amide bonds. The van der Waals surface area contributed by atoms with E-state index in [0.29, 0.717) is 41.5 Å². The third kappa shape index (κ3) is 7.44. The normalized spacial score (nSPS) is 36.1. The van der Waals surface area contributed by atoms with Gasteiger partial charge >= 0.3 is 11.9 Å². The van der Waals surface area contributed by atoms with Crippen LogP contribution in [-0.4, -0.2) is 54.3 Å². The second-order valence-corrected chi connectivity index (χ2v) is 17.2. The Morgan fingerprint density at radius 2 is 1.68 bits per heavy atom. The van der Waals surface area contributed by atoms with Gasteiger partial charge in [0.05, 0.1) is 5.52 Å². The molecule has 0 bridgehead atoms. The van der Waals surface area contributed by atoms with Gasteiger partial charge in [-0.1, -0.05) is 39.0 Å². The number of carbonyl (C=O) groups is 2. The lowest BCUT2D eigenvalue weighted by Gasteiger charge is -2.64. The fraction of sp³-hybridized carbons (Fsp3) is 0.738. The van der Waals surface area contributed by atoms with Gasteiger partial charge in [-0.05, 0) is 138 Å². The van der Waals surface area contributed by atoms with Crippen LogP contribution < -0.4 is 16.4 Å². The highest BCUT2D eigenvalue weighted by Crippen LogP contribution is 2.69. The van der Waals surface area contributed by atoms with E-state index >= 15 is 0 Å². The summed E-state index contributed by atoms with van der Waals surface area (Å²) < 4.78 is 12.6. The summed E-state index contributed by atoms with van der Waals surface area (Å²) >= 11 is 0. The summed E-state index contributed by atoms with van der Waals surface area (Å²) in [6.45, 7) is 14.8. The highest BCUT2D eigenvalue weighted by atomic mass is 16.5. The minimum Gasteiger partial charge on any atom is -0.462 e. The van der Waals surface area contributed by atoms with E-state index in [1.807, 2.05) is 12.3 Å². The summed E-state index contributed by atoms with van der Waals surface area (Å²) in [5.74, 6) is 2.11. The monoisotopic (exact) mass is 688 g/mol. The van der Waals surface area contributed by atoms with Gasteiger partial charge < -0.3 is 25.8 Å². The van der Waals surface area contributed by atoms with E-state index in [2.05, 4.69) is 67.6 Å². The zero-order valence-electron chi connectivity index (χ0n) is 31.6. The smallest absolute Gasteiger partial charge is 0.302 e. The summed E-state index contributed by atoms with van der Waals surface area (Å²) in [4.78, 5) is 29.6. The third-order valence-electron chi connectivity index (χ3n) is 14.2. The van der Waals surface area contributed by atoms with Crippen molar-refractivity contribution in [3.05, 3.63) is 36.5 Å². The lowest BCUT2D eigenvalue weighted by atomic mass is 9.43. The van der Waals surface area contributed by atoms with Crippen molar-refractivity contribution in [3.63, 3.8) is 0 Å². The van der Waals surface area contributed by atoms with Gasteiger partial charge in [-0.25, -0.2) is 0 Å². The Balaban J connectivity index is 1.04. The molecule has 1 heterocycles. The van der Waals surface area contributed by atoms with Crippen LogP contribution in [0.5, 0.6) is 0 Å². The lowest BCUT2D eigenvalue weighted by molar-refractivity contribution is -0.220. The van der Waals surface area contributed by atoms with Crippen LogP contribution in [0.3, 0.4) is 0 Å². The number of benzene rings is 1. The number of aromatic nitrogens is 1. The summed E-state index contributed by atoms with van der Waals surface area (Å²) in [6.07, 6.45) is 13.4. The van der Waals surface area contributed by atoms with Crippen molar-refractivity contribution in [3.8, 4) is 0 Å². The first kappa shape index (κ1) is 37.1. The molecule has 4 saturated carbocycles. The van der Waals surface area contributed by atoms with Crippen LogP contribution in [-0.2, 0) is 19.1 Å². The first-order valence-electron chi connectivity index (χ1n) is 19.8. The standard InChI is InChI=1S/C42H64N4O4/c1-26(11-9-20-44-21-10-12-27(2)46-37-18-22-45-36-14-8-7-13-32(36)37)33-15-16-34-40-35(25-39(42(33,34)6)50-29(4)48)41(5)19-17-31(43)23-30(41)24-38(40)49-28(3)47/h7-8,13-14,18,22,26-27,30-31,33-35,38-40,44H,9-12,15-17,19-21,23-25,43H2,1-6H3,(H,45,46)/t26-,27?,30+,31-,33-,34+,35+,38-,39+,40+,41+,42-/m1/s1. The number of carbonyl (C=O) groups excluding carboxylic acids is 2. The van der Waals surface area contributed by atoms with E-state index in [0.717, 1.165) is 94.9 Å². The van der Waals surface area contributed by atoms with Gasteiger partial charge in [-0.3, -0.25) is 14.6 Å². The number of nitrogens with zero attached hydrogens (tertiary/aromatic N) is 1. The fourth-order valence-electron chi connectivity index (χ4n) is 11.8. The zero-order valence-corrected chi connectivity index (χ0v) is 31.6. The number of hydrogen-bond donors (Lipinski definition) is 3. The number of hydrogen-bond acceptors (Lipinski definition) is 8. The molecule has 6 rings (SSSR count). The Hall–Kier alpha value is -2.71. The van der Waals surface area contributed by atoms with Gasteiger partial charge in [0.25, 0.3) is 0 Å². The molecule has 1 unspecified atom stereocenters. The number of anilines is 1. The van der Waals surface area contributed by atoms with Gasteiger partial charge in [0.15, 0.2) is 0 Å². The van der Waals surface area contributed by atoms with E-state index in [1.165, 1.54) is 5.39 Å². The molecule has 0 spiro atoms. The average Bonchev–Trinajstić information content (AvgIpc) is 3.43. The predicted octanol–water partition coefficient (Wildman–Crippen LogP) is 7.89. The molecular formula is C42H64N4O4. The molecule has 50 heavy (non-hydrogen) atoms. The number of pyridine rings is 1. The number of nitrogens with two attached hydrogens (primary N) is 1. The number of fused-ring (bicyclic) bond motifs is 6. The molecule has 4 fully saturated rings. The molecule has 8 nitrogen and oxygen atoms in total. The topological polar surface area (TPSA) is 116 Å². The van der Waals surface area contributed by atoms with Crippen molar-refractivity contribution in [2.24, 2.45) is 52.1 Å². The summed E-state index contributed by atoms with van der Waals surface area (Å²) in [5, 5.41) is 8.57. The third-order valence-corrected chi connectivity index (χ3v) is 14.2. The summed E-state index contributed by atoms with van der Waals surface area (Å²) in [5.41, 5.74) is 8.69. The van der Waals surface area contributed by atoms with E-state index in [4.69, 9.17) is 15.2 Å². The second kappa shape index (κ2) is 15.5. The molecule has 0 aliphatic heterocycles. The SMILES string of the molecule is CC(=O)O[C@H]1C[C@H]2[C@@H]([C@H](OC(C)=O)C[C@@H]3C[C@H](N)CC[C@@]32C)[C@@H]2CC[C@H]([C@H](C)CCCNCCCC(C)Nc3ccnc4ccccc34)[C@@]12C. The van der Waals surface area contributed by atoms with Crippen molar-refractivity contribution in [2.75, 3.05) is 18.4 Å². The van der Waals surface area contributed by atoms with E-state index in [9.17, 15) is 9.59 Å². The Bertz CT molecular complexity index is 1480. The Morgan fingerprint density at radius 3 is 2.44 bits per heavy atom. The Morgan fingerprint density at radius 1 is 0.940 bits per heavy atom. The van der Waals surface area contributed by atoms with Crippen molar-refractivity contribution in [2.45, 2.75) is 136 Å². The van der Waals surface area contributed by atoms with Gasteiger partial charge in [-0.2, -0.15) is 0 Å². The molecular weight excluding hydrogens is 624 g/mol. The van der Waals surface area contributed by atoms with E-state index in [1.54, 1.807) is 13.8 Å². The first-order chi connectivity index (χ1) is 23.9. The van der Waals surface area contributed by atoms with Crippen LogP contribution in [0.4, 0.5) is 5.69 Å². The van der Waals surface area contributed by atoms with E-state index < -0.39 is 0 Å². The molecule has 4 aliphatic rings. The number of esters is 2. The highest BCUT2D eigenvalue weighted by Gasteiger charge is 2.67. The van der Waals surface area contributed by atoms with Crippen LogP contribution >= 0.6 is 0 Å². The molecule has 4 aliphatic carbocycles. The number of ether oxygens (including phenoxy) is 2. The lowest BCUT2D eigenvalue weighted by Crippen LogP contribution is -2.63. The van der Waals surface area contributed by atoms with Crippen molar-refractivity contribution in [1.82, 2.24) is 10.3 Å². The summed E-state index contributed by atoms with van der Waals surface area (Å²) in [6, 6.07) is 11.0. The molecule has 1 aromatic carbocycles. The van der Waals surface area contributed by atoms with E-state index in [-0.39, 0.29) is 41.0 Å². The molecule has 0 saturated heterocycles. The van der Waals surface area contributed by atoms with Gasteiger partial charge in [0.2, 0.25) is 0 Å². The van der Waals surface area contributed by atoms with Crippen LogP contribution in [0, 0.1) is 46.3 Å². The minimum absolute atomic E-state index is 0.0799. The second-order valence-electron chi connectivity index (χ2n) is 17.2. The largest absolute Gasteiger partial charge is 0.462 e. The van der Waals surface area contributed by atoms with Crippen LogP contribution in [0.1, 0.15) is 112 Å². The maximum Gasteiger partial charge on any atom is 0.302 e. The molecule has 12 atom stereocenters. The van der Waals surface area contributed by atoms with Gasteiger partial charge in [0, 0.05) is 54.5 Å². The number of nitrogens with one attached hydrogen (secondary N) is 2. The highest BCUT2D eigenvalue weighted by molar-refractivity contribution is 5.90. The number of para-hydroxylation sites is 1. The quantitative estimate of drug-likeness (QED) is 0.144. The molecule has 276 valence electrons. The van der Waals surface area contributed by atoms with Crippen molar-refractivity contribution < 1.29 is 19.1 Å². The maximum atomic E-state index is 12.7. The van der Waals surface area contributed by atoms with Crippen LogP contribution in [0.2, 0.25) is 0 Å². The first-order valence-corrected chi connectivity index (χ1v) is 19.8. The Kier molecular flexibility index (Phi) is 11.5. The molecule has 4 N–H and O–H groups in total. The summed E-state index contributed by atoms with van der Waals surface area (Å²) in [7, 11) is 0. The molecule has 0 radical (unpaired) electrons. The van der Waals surface area contributed by atoms with Crippen LogP contribution in [0.15, 0.2) is 36.5 Å². The van der Waals surface area contributed by atoms with Crippen molar-refractivity contribution >= 4 is 28.5 Å². The Labute approximate surface area is 300 Å².